The van der Waals surface area contributed by atoms with Gasteiger partial charge < -0.3 is 18.7 Å². The largest absolute Gasteiger partial charge is 0.493 e. The van der Waals surface area contributed by atoms with Gasteiger partial charge >= 0.3 is 0 Å². The van der Waals surface area contributed by atoms with Gasteiger partial charge in [-0.1, -0.05) is 49.7 Å². The van der Waals surface area contributed by atoms with Crippen molar-refractivity contribution in [2.45, 2.75) is 32.7 Å². The minimum atomic E-state index is 0. The van der Waals surface area contributed by atoms with Crippen LogP contribution in [0.15, 0.2) is 54.6 Å². The van der Waals surface area contributed by atoms with Gasteiger partial charge in [-0.2, -0.15) is 0 Å². The third kappa shape index (κ3) is 8.37. The average molecular weight is 473 g/mol. The van der Waals surface area contributed by atoms with Gasteiger partial charge in [0.05, 0.1) is 26.4 Å². The van der Waals surface area contributed by atoms with Crippen LogP contribution in [0.4, 0.5) is 0 Å². The maximum Gasteiger partial charge on any atom is 0.137 e. The Morgan fingerprint density at radius 3 is 2.41 bits per heavy atom. The summed E-state index contributed by atoms with van der Waals surface area (Å²) in [5, 5.41) is 0. The second-order valence-electron chi connectivity index (χ2n) is 7.65. The second-order valence-corrected chi connectivity index (χ2v) is 7.65. The molecule has 1 aliphatic heterocycles. The molecule has 5 heteroatoms. The van der Waals surface area contributed by atoms with Crippen molar-refractivity contribution in [1.29, 1.82) is 0 Å². The molecule has 0 bridgehead atoms. The summed E-state index contributed by atoms with van der Waals surface area (Å²) in [6.07, 6.45) is 3.32. The molecular formula is C24H34NO3Y+. The number of rotatable bonds is 10. The van der Waals surface area contributed by atoms with Crippen molar-refractivity contribution >= 4 is 0 Å². The Morgan fingerprint density at radius 1 is 0.897 bits per heavy atom. The number of ether oxygens (including phenoxy) is 3. The molecule has 0 saturated carbocycles. The van der Waals surface area contributed by atoms with Crippen molar-refractivity contribution in [3.05, 3.63) is 60.2 Å². The van der Waals surface area contributed by atoms with Crippen LogP contribution < -0.4 is 9.47 Å². The molecule has 2 aromatic rings. The maximum atomic E-state index is 6.12. The molecule has 1 radical (unpaired) electrons. The summed E-state index contributed by atoms with van der Waals surface area (Å²) in [5.74, 6) is 1.78. The van der Waals surface area contributed by atoms with E-state index in [0.717, 1.165) is 81.2 Å². The summed E-state index contributed by atoms with van der Waals surface area (Å²) >= 11 is 0. The van der Waals surface area contributed by atoms with Crippen LogP contribution in [0.1, 0.15) is 31.7 Å². The fourth-order valence-corrected chi connectivity index (χ4v) is 3.75. The van der Waals surface area contributed by atoms with E-state index >= 15 is 0 Å². The van der Waals surface area contributed by atoms with Crippen molar-refractivity contribution in [3.63, 3.8) is 0 Å². The monoisotopic (exact) mass is 473 g/mol. The van der Waals surface area contributed by atoms with Gasteiger partial charge in [0, 0.05) is 50.8 Å². The first kappa shape index (κ1) is 24.3. The molecule has 155 valence electrons. The van der Waals surface area contributed by atoms with E-state index in [1.165, 1.54) is 5.56 Å². The van der Waals surface area contributed by atoms with Gasteiger partial charge in [0.2, 0.25) is 0 Å². The standard InChI is InChI=1S/C24H34NO3.Y/c1-2-3-17-27-23-11-7-12-24(20-23)28-19-15-25(13-8-16-26-18-14-25)21-22-9-5-4-6-10-22;/h4-7,9-12,20H,2-3,8,13-19,21H2,1H3;/q+1;. The van der Waals surface area contributed by atoms with Crippen LogP contribution in [-0.2, 0) is 44.0 Å². The Bertz CT molecular complexity index is 688. The van der Waals surface area contributed by atoms with E-state index in [2.05, 4.69) is 37.3 Å². The van der Waals surface area contributed by atoms with Crippen molar-refractivity contribution in [3.8, 4) is 11.5 Å². The average Bonchev–Trinajstić information content (AvgIpc) is 2.95. The molecule has 0 amide bonds. The molecular weight excluding hydrogens is 439 g/mol. The Hall–Kier alpha value is -0.936. The van der Waals surface area contributed by atoms with Crippen molar-refractivity contribution in [2.75, 3.05) is 46.1 Å². The van der Waals surface area contributed by atoms with Crippen LogP contribution in [0, 0.1) is 0 Å². The third-order valence-electron chi connectivity index (χ3n) is 5.40. The molecule has 1 heterocycles. The summed E-state index contributed by atoms with van der Waals surface area (Å²) in [6, 6.07) is 18.8. The maximum absolute atomic E-state index is 6.12. The first-order valence-corrected chi connectivity index (χ1v) is 10.6. The van der Waals surface area contributed by atoms with E-state index in [-0.39, 0.29) is 32.7 Å². The molecule has 0 spiro atoms. The topological polar surface area (TPSA) is 27.7 Å². The van der Waals surface area contributed by atoms with Crippen LogP contribution in [0.2, 0.25) is 0 Å². The van der Waals surface area contributed by atoms with Crippen LogP contribution in [0.3, 0.4) is 0 Å². The van der Waals surface area contributed by atoms with Gasteiger partial charge in [-0.15, -0.1) is 0 Å². The van der Waals surface area contributed by atoms with Gasteiger partial charge in [0.1, 0.15) is 37.7 Å². The van der Waals surface area contributed by atoms with Crippen molar-refractivity contribution < 1.29 is 51.4 Å². The third-order valence-corrected chi connectivity index (χ3v) is 5.40. The first-order chi connectivity index (χ1) is 13.8. The SMILES string of the molecule is CCCCOc1cccc(OCC[N+]2(Cc3ccccc3)CCCOCC2)c1.[Y]. The van der Waals surface area contributed by atoms with Gasteiger partial charge in [-0.05, 0) is 18.6 Å². The van der Waals surface area contributed by atoms with Crippen molar-refractivity contribution in [2.24, 2.45) is 0 Å². The summed E-state index contributed by atoms with van der Waals surface area (Å²) in [5.41, 5.74) is 1.38. The minimum absolute atomic E-state index is 0. The number of benzene rings is 2. The summed E-state index contributed by atoms with van der Waals surface area (Å²) in [6.45, 7) is 9.53. The van der Waals surface area contributed by atoms with Crippen LogP contribution in [0.25, 0.3) is 0 Å². The summed E-state index contributed by atoms with van der Waals surface area (Å²) in [4.78, 5) is 0. The number of quaternary nitrogens is 1. The smallest absolute Gasteiger partial charge is 0.137 e. The summed E-state index contributed by atoms with van der Waals surface area (Å²) in [7, 11) is 0. The number of hydrogen-bond donors (Lipinski definition) is 0. The zero-order valence-corrected chi connectivity index (χ0v) is 20.6. The Morgan fingerprint density at radius 2 is 1.66 bits per heavy atom. The molecule has 0 aromatic heterocycles. The van der Waals surface area contributed by atoms with E-state index in [4.69, 9.17) is 14.2 Å². The number of nitrogens with zero attached hydrogens (tertiary/aromatic N) is 1. The molecule has 2 aromatic carbocycles. The molecule has 29 heavy (non-hydrogen) atoms. The van der Waals surface area contributed by atoms with Gasteiger partial charge in [-0.3, -0.25) is 0 Å². The first-order valence-electron chi connectivity index (χ1n) is 10.6. The minimum Gasteiger partial charge on any atom is -0.493 e. The van der Waals surface area contributed by atoms with Crippen LogP contribution in [0.5, 0.6) is 11.5 Å². The Balaban J connectivity index is 0.00000300. The molecule has 1 atom stereocenters. The van der Waals surface area contributed by atoms with Gasteiger partial charge in [0.15, 0.2) is 0 Å². The molecule has 1 aliphatic rings. The van der Waals surface area contributed by atoms with E-state index in [1.54, 1.807) is 0 Å². The van der Waals surface area contributed by atoms with Crippen LogP contribution >= 0.6 is 0 Å². The van der Waals surface area contributed by atoms with Gasteiger partial charge in [-0.25, -0.2) is 0 Å². The fraction of sp³-hybridized carbons (Fsp3) is 0.500. The Kier molecular flexibility index (Phi) is 11.2. The molecule has 0 N–H and O–H groups in total. The van der Waals surface area contributed by atoms with E-state index in [1.807, 2.05) is 24.3 Å². The predicted molar refractivity (Wildman–Crippen MR) is 113 cm³/mol. The van der Waals surface area contributed by atoms with E-state index < -0.39 is 0 Å². The molecule has 3 rings (SSSR count). The number of hydrogen-bond acceptors (Lipinski definition) is 3. The van der Waals surface area contributed by atoms with Gasteiger partial charge in [0.25, 0.3) is 0 Å². The van der Waals surface area contributed by atoms with E-state index in [0.29, 0.717) is 6.61 Å². The van der Waals surface area contributed by atoms with E-state index in [9.17, 15) is 0 Å². The number of unbranched alkanes of at least 4 members (excludes halogenated alkanes) is 1. The second kappa shape index (κ2) is 13.4. The molecule has 1 fully saturated rings. The summed E-state index contributed by atoms with van der Waals surface area (Å²) < 4.78 is 18.7. The molecule has 4 nitrogen and oxygen atoms in total. The normalized spacial score (nSPS) is 19.1. The zero-order chi connectivity index (χ0) is 19.5. The zero-order valence-electron chi connectivity index (χ0n) is 17.7. The predicted octanol–water partition coefficient (Wildman–Crippen LogP) is 4.68. The molecule has 1 unspecified atom stereocenters. The quantitative estimate of drug-likeness (QED) is 0.371. The van der Waals surface area contributed by atoms with Crippen LogP contribution in [-0.4, -0.2) is 50.5 Å². The fourth-order valence-electron chi connectivity index (χ4n) is 3.75. The van der Waals surface area contributed by atoms with Crippen molar-refractivity contribution in [1.82, 2.24) is 0 Å². The molecule has 1 saturated heterocycles. The molecule has 0 aliphatic carbocycles. The Labute approximate surface area is 201 Å².